The number of aryl methyl sites for hydroxylation is 1. The minimum atomic E-state index is 0.130. The van der Waals surface area contributed by atoms with Gasteiger partial charge in [0.15, 0.2) is 0 Å². The van der Waals surface area contributed by atoms with E-state index >= 15 is 0 Å². The molecule has 0 spiro atoms. The van der Waals surface area contributed by atoms with Crippen LogP contribution in [0, 0.1) is 0 Å². The third kappa shape index (κ3) is 6.67. The molecule has 2 aromatic rings. The molecule has 0 saturated heterocycles. The molecule has 0 unspecified atom stereocenters. The third-order valence-corrected chi connectivity index (χ3v) is 5.50. The number of amides is 1. The number of hydrogen-bond donors (Lipinski definition) is 3. The fraction of sp³-hybridized carbons (Fsp3) is 0.458. The van der Waals surface area contributed by atoms with Crippen molar-refractivity contribution in [3.05, 3.63) is 53.6 Å². The second kappa shape index (κ2) is 12.4. The Bertz CT molecular complexity index is 748. The highest BCUT2D eigenvalue weighted by Gasteiger charge is 2.20. The molecule has 4 N–H and O–H groups in total. The smallest absolute Gasteiger partial charge is 0.223 e. The lowest BCUT2D eigenvalue weighted by Gasteiger charge is -2.29. The average molecular weight is 398 g/mol. The molecule has 2 aliphatic rings. The molecule has 5 nitrogen and oxygen atoms in total. The highest BCUT2D eigenvalue weighted by atomic mass is 16.4. The van der Waals surface area contributed by atoms with E-state index in [4.69, 9.17) is 5.21 Å². The third-order valence-electron chi connectivity index (χ3n) is 5.50. The van der Waals surface area contributed by atoms with Crippen molar-refractivity contribution in [2.75, 3.05) is 18.5 Å². The summed E-state index contributed by atoms with van der Waals surface area (Å²) in [6.45, 7) is 3.36. The van der Waals surface area contributed by atoms with E-state index in [1.165, 1.54) is 54.4 Å². The second-order valence-corrected chi connectivity index (χ2v) is 7.61. The van der Waals surface area contributed by atoms with Crippen molar-refractivity contribution in [2.45, 2.75) is 58.4 Å². The van der Waals surface area contributed by atoms with Crippen LogP contribution in [0.25, 0.3) is 11.1 Å². The first-order chi connectivity index (χ1) is 14.2. The van der Waals surface area contributed by atoms with Crippen LogP contribution in [0.15, 0.2) is 42.5 Å². The molecule has 1 amide bonds. The molecular weight excluding hydrogens is 362 g/mol. The first-order valence-electron chi connectivity index (χ1n) is 10.6. The summed E-state index contributed by atoms with van der Waals surface area (Å²) in [7, 11) is 1.96. The molecule has 0 radical (unpaired) electrons. The summed E-state index contributed by atoms with van der Waals surface area (Å²) in [5.41, 5.74) is 6.09. The van der Waals surface area contributed by atoms with Gasteiger partial charge in [-0.05, 0) is 54.3 Å². The molecule has 0 aromatic heterocycles. The number of carbonyl (C=O) groups is 1. The zero-order chi connectivity index (χ0) is 21.1. The number of fused-ring (bicyclic) bond motifs is 1. The number of anilines is 1. The van der Waals surface area contributed by atoms with Gasteiger partial charge in [-0.2, -0.15) is 0 Å². The van der Waals surface area contributed by atoms with Crippen LogP contribution >= 0.6 is 0 Å². The van der Waals surface area contributed by atoms with Crippen LogP contribution in [0.2, 0.25) is 0 Å². The van der Waals surface area contributed by atoms with E-state index in [1.807, 2.05) is 11.9 Å². The van der Waals surface area contributed by atoms with Crippen LogP contribution in [0.3, 0.4) is 0 Å². The second-order valence-electron chi connectivity index (χ2n) is 7.61. The van der Waals surface area contributed by atoms with Gasteiger partial charge in [-0.1, -0.05) is 62.4 Å². The zero-order valence-corrected chi connectivity index (χ0v) is 17.8. The number of nitrogens with two attached hydrogens (primary N) is 1. The van der Waals surface area contributed by atoms with Crippen LogP contribution in [-0.4, -0.2) is 24.7 Å². The molecular formula is C24H35N3O2. The topological polar surface area (TPSA) is 78.6 Å². The van der Waals surface area contributed by atoms with Gasteiger partial charge in [-0.25, -0.2) is 5.90 Å². The monoisotopic (exact) mass is 397 g/mol. The van der Waals surface area contributed by atoms with Crippen LogP contribution in [-0.2, 0) is 17.8 Å². The van der Waals surface area contributed by atoms with Gasteiger partial charge in [0, 0.05) is 25.7 Å². The molecule has 0 bridgehead atoms. The van der Waals surface area contributed by atoms with E-state index in [0.29, 0.717) is 0 Å². The average Bonchev–Trinajstić information content (AvgIpc) is 3.35. The lowest BCUT2D eigenvalue weighted by Crippen LogP contribution is -2.33. The largest absolute Gasteiger partial charge is 0.320 e. The molecule has 1 saturated carbocycles. The Balaban J connectivity index is 0.000000367. The van der Waals surface area contributed by atoms with E-state index in [9.17, 15) is 4.79 Å². The number of benzene rings is 2. The molecule has 0 atom stereocenters. The van der Waals surface area contributed by atoms with Crippen molar-refractivity contribution >= 4 is 11.6 Å². The maximum Gasteiger partial charge on any atom is 0.223 e. The summed E-state index contributed by atoms with van der Waals surface area (Å²) in [6, 6.07) is 15.1. The van der Waals surface area contributed by atoms with E-state index in [0.717, 1.165) is 31.6 Å². The number of carbonyl (C=O) groups excluding carboxylic acids is 1. The maximum absolute atomic E-state index is 11.7. The van der Waals surface area contributed by atoms with E-state index < -0.39 is 0 Å². The Hall–Kier alpha value is -2.21. The fourth-order valence-electron chi connectivity index (χ4n) is 4.01. The van der Waals surface area contributed by atoms with Gasteiger partial charge < -0.3 is 15.4 Å². The minimum Gasteiger partial charge on any atom is -0.320 e. The first-order valence-corrected chi connectivity index (χ1v) is 10.6. The summed E-state index contributed by atoms with van der Waals surface area (Å²) in [5.74, 6) is 3.63. The lowest BCUT2D eigenvalue weighted by atomic mass is 9.95. The van der Waals surface area contributed by atoms with Crippen molar-refractivity contribution in [2.24, 2.45) is 5.90 Å². The minimum absolute atomic E-state index is 0.130. The van der Waals surface area contributed by atoms with Crippen LogP contribution < -0.4 is 16.1 Å². The van der Waals surface area contributed by atoms with Crippen LogP contribution in [0.4, 0.5) is 5.69 Å². The highest BCUT2D eigenvalue weighted by Crippen LogP contribution is 2.31. The number of nitrogens with one attached hydrogen (secondary N) is 1. The van der Waals surface area contributed by atoms with Crippen molar-refractivity contribution in [3.63, 3.8) is 0 Å². The fourth-order valence-corrected chi connectivity index (χ4v) is 4.01. The Kier molecular flexibility index (Phi) is 9.84. The van der Waals surface area contributed by atoms with Crippen LogP contribution in [0.5, 0.6) is 0 Å². The van der Waals surface area contributed by atoms with Gasteiger partial charge in [0.2, 0.25) is 5.91 Å². The molecule has 4 rings (SSSR count). The van der Waals surface area contributed by atoms with Crippen molar-refractivity contribution in [1.82, 2.24) is 5.32 Å². The molecule has 5 heteroatoms. The van der Waals surface area contributed by atoms with Gasteiger partial charge >= 0.3 is 0 Å². The summed E-state index contributed by atoms with van der Waals surface area (Å²) in [6.07, 6.45) is 9.59. The van der Waals surface area contributed by atoms with Gasteiger partial charge in [-0.15, -0.1) is 0 Å². The highest BCUT2D eigenvalue weighted by molar-refractivity contribution is 5.93. The summed E-state index contributed by atoms with van der Waals surface area (Å²) >= 11 is 0. The molecule has 1 fully saturated rings. The van der Waals surface area contributed by atoms with E-state index in [1.54, 1.807) is 6.92 Å². The molecule has 29 heavy (non-hydrogen) atoms. The van der Waals surface area contributed by atoms with Gasteiger partial charge in [0.05, 0.1) is 0 Å². The number of nitrogens with zero attached hydrogens (tertiary/aromatic N) is 1. The van der Waals surface area contributed by atoms with E-state index in [-0.39, 0.29) is 5.91 Å². The predicted molar refractivity (Wildman–Crippen MR) is 120 cm³/mol. The Morgan fingerprint density at radius 3 is 2.10 bits per heavy atom. The normalized spacial score (nSPS) is 14.8. The Morgan fingerprint density at radius 2 is 1.55 bits per heavy atom. The summed E-state index contributed by atoms with van der Waals surface area (Å²) < 4.78 is 0. The first kappa shape index (κ1) is 23.1. The molecule has 1 heterocycles. The van der Waals surface area contributed by atoms with Gasteiger partial charge in [0.1, 0.15) is 0 Å². The number of hydrogen-bond acceptors (Lipinski definition) is 4. The van der Waals surface area contributed by atoms with E-state index in [2.05, 4.69) is 53.7 Å². The molecule has 158 valence electrons. The Labute approximate surface area is 174 Å². The maximum atomic E-state index is 11.7. The van der Waals surface area contributed by atoms with Gasteiger partial charge in [0.25, 0.3) is 0 Å². The summed E-state index contributed by atoms with van der Waals surface area (Å²) in [5, 5.41) is 9.66. The van der Waals surface area contributed by atoms with Crippen molar-refractivity contribution in [1.29, 1.82) is 0 Å². The SMILES string of the molecule is C1CCCC1.CNCc1ccc(-c2ccc3c(c2)CCCN3C(C)=O)cc1.NO. The quantitative estimate of drug-likeness (QED) is 0.658. The van der Waals surface area contributed by atoms with Crippen molar-refractivity contribution in [3.8, 4) is 11.1 Å². The lowest BCUT2D eigenvalue weighted by molar-refractivity contribution is -0.116. The molecule has 1 aliphatic carbocycles. The number of rotatable bonds is 3. The van der Waals surface area contributed by atoms with Crippen LogP contribution in [0.1, 0.15) is 56.6 Å². The molecule has 1 aliphatic heterocycles. The summed E-state index contributed by atoms with van der Waals surface area (Å²) in [4.78, 5) is 13.6. The molecule has 2 aromatic carbocycles. The zero-order valence-electron chi connectivity index (χ0n) is 17.8. The predicted octanol–water partition coefficient (Wildman–Crippen LogP) is 4.66. The van der Waals surface area contributed by atoms with Crippen molar-refractivity contribution < 1.29 is 10.0 Å². The Morgan fingerprint density at radius 1 is 0.966 bits per heavy atom. The standard InChI is InChI=1S/C19H22N2O.C5H10.H3NO/c1-14(22)21-11-3-4-18-12-17(9-10-19(18)21)16-7-5-15(6-8-16)13-20-2;1-2-4-5-3-1;1-2/h5-10,12,20H,3-4,11,13H2,1-2H3;1-5H2;2H,1H2. The van der Waals surface area contributed by atoms with Gasteiger partial charge in [-0.3, -0.25) is 4.79 Å².